The molecule has 1 aromatic heterocycles. The minimum atomic E-state index is 0.730. The molecule has 2 heteroatoms. The van der Waals surface area contributed by atoms with Crippen molar-refractivity contribution < 1.29 is 0 Å². The average Bonchev–Trinajstić information content (AvgIpc) is 3.34. The molecule has 0 aliphatic heterocycles. The molecule has 0 saturated heterocycles. The van der Waals surface area contributed by atoms with Gasteiger partial charge in [0.1, 0.15) is 0 Å². The summed E-state index contributed by atoms with van der Waals surface area (Å²) in [6, 6.07) is 79.5. The van der Waals surface area contributed by atoms with E-state index in [1.54, 1.807) is 0 Å². The van der Waals surface area contributed by atoms with E-state index in [0.29, 0.717) is 0 Å². The average molecular weight is 785 g/mol. The molecule has 0 N–H and O–H groups in total. The lowest BCUT2D eigenvalue weighted by Gasteiger charge is -2.18. The molecular weight excluding hydrogens is 749 g/mol. The number of hydrogen-bond acceptors (Lipinski definition) is 2. The monoisotopic (exact) mass is 784 g/mol. The summed E-state index contributed by atoms with van der Waals surface area (Å²) in [7, 11) is 0. The topological polar surface area (TPSA) is 25.8 Å². The summed E-state index contributed by atoms with van der Waals surface area (Å²) in [5.74, 6) is 0.730. The highest BCUT2D eigenvalue weighted by Crippen LogP contribution is 2.45. The molecule has 286 valence electrons. The highest BCUT2D eigenvalue weighted by Gasteiger charge is 2.21. The Morgan fingerprint density at radius 3 is 1.39 bits per heavy atom. The molecule has 13 rings (SSSR count). The predicted octanol–water partition coefficient (Wildman–Crippen LogP) is 16.4. The van der Waals surface area contributed by atoms with Gasteiger partial charge in [0.2, 0.25) is 0 Å². The summed E-state index contributed by atoms with van der Waals surface area (Å²) >= 11 is 0. The molecule has 0 radical (unpaired) electrons. The molecule has 0 bridgehead atoms. The van der Waals surface area contributed by atoms with E-state index >= 15 is 0 Å². The summed E-state index contributed by atoms with van der Waals surface area (Å²) < 4.78 is 0. The van der Waals surface area contributed by atoms with Gasteiger partial charge in [-0.2, -0.15) is 0 Å². The fourth-order valence-corrected chi connectivity index (χ4v) is 10.3. The van der Waals surface area contributed by atoms with E-state index in [0.717, 1.165) is 44.3 Å². The van der Waals surface area contributed by atoms with Crippen molar-refractivity contribution in [3.63, 3.8) is 0 Å². The van der Waals surface area contributed by atoms with E-state index in [9.17, 15) is 0 Å². The van der Waals surface area contributed by atoms with Crippen LogP contribution in [-0.4, -0.2) is 9.97 Å². The number of para-hydroxylation sites is 1. The van der Waals surface area contributed by atoms with E-state index in [4.69, 9.17) is 9.97 Å². The molecule has 0 aliphatic carbocycles. The molecule has 0 atom stereocenters. The lowest BCUT2D eigenvalue weighted by atomic mass is 9.87. The Kier molecular flexibility index (Phi) is 7.64. The Hall–Kier alpha value is -8.20. The highest BCUT2D eigenvalue weighted by molar-refractivity contribution is 6.33. The Morgan fingerprint density at radius 1 is 0.242 bits per heavy atom. The van der Waals surface area contributed by atoms with Gasteiger partial charge in [-0.1, -0.05) is 200 Å². The van der Waals surface area contributed by atoms with Crippen molar-refractivity contribution in [2.75, 3.05) is 0 Å². The first-order chi connectivity index (χ1) is 30.8. The molecular formula is C60H36N2. The second kappa shape index (κ2) is 13.7. The SMILES string of the molecule is c1ccc(-c2nc(-c3c4ccccc4c(-c4ccc(-c5cc6ccc7cccc8c9ccccc9c9ccccc9c(c5)c6c78)cc4)c4ccccc34)nc3ccccc23)cc1. The van der Waals surface area contributed by atoms with Gasteiger partial charge in [-0.3, -0.25) is 0 Å². The number of benzene rings is 11. The van der Waals surface area contributed by atoms with Crippen molar-refractivity contribution >= 4 is 86.3 Å². The van der Waals surface area contributed by atoms with Crippen LogP contribution in [0.3, 0.4) is 0 Å². The molecule has 0 unspecified atom stereocenters. The fourth-order valence-electron chi connectivity index (χ4n) is 10.3. The lowest BCUT2D eigenvalue weighted by molar-refractivity contribution is 1.24. The van der Waals surface area contributed by atoms with Gasteiger partial charge in [-0.05, 0) is 116 Å². The first-order valence-corrected chi connectivity index (χ1v) is 21.3. The normalized spacial score (nSPS) is 11.9. The third-order valence-corrected chi connectivity index (χ3v) is 13.0. The van der Waals surface area contributed by atoms with Gasteiger partial charge in [0.05, 0.1) is 11.2 Å². The van der Waals surface area contributed by atoms with Crippen LogP contribution < -0.4 is 0 Å². The number of rotatable bonds is 4. The minimum Gasteiger partial charge on any atom is -0.228 e. The molecule has 0 fully saturated rings. The maximum absolute atomic E-state index is 5.37. The fraction of sp³-hybridized carbons (Fsp3) is 0. The first-order valence-electron chi connectivity index (χ1n) is 21.3. The largest absolute Gasteiger partial charge is 0.228 e. The molecule has 0 spiro atoms. The lowest BCUT2D eigenvalue weighted by Crippen LogP contribution is -1.98. The van der Waals surface area contributed by atoms with Crippen LogP contribution in [0.25, 0.3) is 131 Å². The molecule has 0 aliphatic rings. The van der Waals surface area contributed by atoms with E-state index in [1.807, 2.05) is 0 Å². The van der Waals surface area contributed by atoms with Gasteiger partial charge >= 0.3 is 0 Å². The number of nitrogens with zero attached hydrogens (tertiary/aromatic N) is 2. The number of aromatic nitrogens is 2. The number of fused-ring (bicyclic) bond motifs is 8. The minimum absolute atomic E-state index is 0.730. The summed E-state index contributed by atoms with van der Waals surface area (Å²) in [4.78, 5) is 10.6. The van der Waals surface area contributed by atoms with Crippen molar-refractivity contribution in [1.29, 1.82) is 0 Å². The zero-order valence-corrected chi connectivity index (χ0v) is 33.7. The van der Waals surface area contributed by atoms with Crippen molar-refractivity contribution in [1.82, 2.24) is 9.97 Å². The molecule has 2 nitrogen and oxygen atoms in total. The van der Waals surface area contributed by atoms with Crippen LogP contribution >= 0.6 is 0 Å². The van der Waals surface area contributed by atoms with Gasteiger partial charge in [0.25, 0.3) is 0 Å². The van der Waals surface area contributed by atoms with Crippen LogP contribution in [0.15, 0.2) is 218 Å². The molecule has 62 heavy (non-hydrogen) atoms. The summed E-state index contributed by atoms with van der Waals surface area (Å²) in [6.45, 7) is 0. The van der Waals surface area contributed by atoms with Crippen molar-refractivity contribution in [3.8, 4) is 44.9 Å². The second-order valence-electron chi connectivity index (χ2n) is 16.4. The second-order valence-corrected chi connectivity index (χ2v) is 16.4. The zero-order valence-electron chi connectivity index (χ0n) is 33.7. The Labute approximate surface area is 358 Å². The number of hydrogen-bond donors (Lipinski definition) is 0. The van der Waals surface area contributed by atoms with Crippen LogP contribution in [0.5, 0.6) is 0 Å². The van der Waals surface area contributed by atoms with E-state index in [2.05, 4.69) is 218 Å². The highest BCUT2D eigenvalue weighted by atomic mass is 14.9. The molecule has 13 aromatic rings. The van der Waals surface area contributed by atoms with Gasteiger partial charge in [-0.15, -0.1) is 0 Å². The quantitative estimate of drug-likeness (QED) is 0.131. The van der Waals surface area contributed by atoms with Crippen LogP contribution in [-0.2, 0) is 0 Å². The van der Waals surface area contributed by atoms with Gasteiger partial charge in [0, 0.05) is 16.5 Å². The smallest absolute Gasteiger partial charge is 0.161 e. The van der Waals surface area contributed by atoms with Crippen LogP contribution in [0.4, 0.5) is 0 Å². The van der Waals surface area contributed by atoms with Crippen molar-refractivity contribution in [3.05, 3.63) is 218 Å². The van der Waals surface area contributed by atoms with Crippen LogP contribution in [0, 0.1) is 0 Å². The van der Waals surface area contributed by atoms with E-state index < -0.39 is 0 Å². The predicted molar refractivity (Wildman–Crippen MR) is 264 cm³/mol. The van der Waals surface area contributed by atoms with Gasteiger partial charge < -0.3 is 0 Å². The first kappa shape index (κ1) is 34.6. The van der Waals surface area contributed by atoms with E-state index in [1.165, 1.54) is 86.9 Å². The van der Waals surface area contributed by atoms with E-state index in [-0.39, 0.29) is 0 Å². The summed E-state index contributed by atoms with van der Waals surface area (Å²) in [5.41, 5.74) is 8.77. The maximum Gasteiger partial charge on any atom is 0.161 e. The third-order valence-electron chi connectivity index (χ3n) is 13.0. The maximum atomic E-state index is 5.37. The summed E-state index contributed by atoms with van der Waals surface area (Å²) in [5, 5.41) is 18.4. The van der Waals surface area contributed by atoms with Crippen molar-refractivity contribution in [2.24, 2.45) is 0 Å². The Bertz CT molecular complexity index is 3900. The van der Waals surface area contributed by atoms with Gasteiger partial charge in [0.15, 0.2) is 5.82 Å². The summed E-state index contributed by atoms with van der Waals surface area (Å²) in [6.07, 6.45) is 0. The third kappa shape index (κ3) is 5.23. The Balaban J connectivity index is 1.02. The zero-order chi connectivity index (χ0) is 40.7. The van der Waals surface area contributed by atoms with Gasteiger partial charge in [-0.25, -0.2) is 9.97 Å². The molecule has 12 aromatic carbocycles. The Morgan fingerprint density at radius 2 is 0.726 bits per heavy atom. The van der Waals surface area contributed by atoms with Crippen LogP contribution in [0.1, 0.15) is 0 Å². The molecule has 0 saturated carbocycles. The molecule has 1 heterocycles. The van der Waals surface area contributed by atoms with Crippen LogP contribution in [0.2, 0.25) is 0 Å². The standard InChI is InChI=1S/C60H36N2/c1-2-15-40(16-3-1)59-52-26-12-13-28-54(52)61-60(62-59)58-50-24-10-8-22-48(50)55(49-23-9-11-25-51(49)58)39-31-29-37(30-32-39)42-35-41-34-33-38-17-14-27-47-45-20-6-4-18-43(45)44-19-5-7-21-46(44)53(36-42)57(41)56(38)47/h1-36H. The molecule has 0 amide bonds. The van der Waals surface area contributed by atoms with Crippen molar-refractivity contribution in [2.45, 2.75) is 0 Å².